The maximum Gasteiger partial charge on any atom is 0.444 e. The molecule has 1 atom stereocenters. The van der Waals surface area contributed by atoms with Crippen LogP contribution in [-0.2, 0) is 0 Å². The van der Waals surface area contributed by atoms with Crippen molar-refractivity contribution in [2.24, 2.45) is 4.99 Å². The van der Waals surface area contributed by atoms with Crippen molar-refractivity contribution in [2.45, 2.75) is 12.0 Å². The predicted octanol–water partition coefficient (Wildman–Crippen LogP) is 1.87. The Hall–Kier alpha value is -0.260. The molecule has 1 rings (SSSR count). The number of rotatable bonds is 0. The van der Waals surface area contributed by atoms with E-state index < -0.39 is 17.7 Å². The summed E-state index contributed by atoms with van der Waals surface area (Å²) in [6.45, 7) is 0. The second-order valence-electron chi connectivity index (χ2n) is 1.75. The molecule has 1 heterocycles. The van der Waals surface area contributed by atoms with Crippen LogP contribution in [0.25, 0.3) is 0 Å². The highest BCUT2D eigenvalue weighted by Crippen LogP contribution is 2.40. The average Bonchev–Trinajstić information content (AvgIpc) is 2.13. The lowest BCUT2D eigenvalue weighted by Crippen LogP contribution is -2.39. The second kappa shape index (κ2) is 2.11. The third-order valence-corrected chi connectivity index (χ3v) is 1.73. The van der Waals surface area contributed by atoms with Gasteiger partial charge in [0.25, 0.3) is 0 Å². The van der Waals surface area contributed by atoms with Gasteiger partial charge in [-0.05, 0) is 0 Å². The quantitative estimate of drug-likeness (QED) is 0.401. The molecule has 0 aliphatic carbocycles. The summed E-state index contributed by atoms with van der Waals surface area (Å²) in [4.78, 5) is 2.56. The van der Waals surface area contributed by atoms with Gasteiger partial charge in [-0.2, -0.15) is 13.2 Å². The van der Waals surface area contributed by atoms with Crippen LogP contribution in [0.5, 0.6) is 0 Å². The molecule has 1 nitrogen and oxygen atoms in total. The van der Waals surface area contributed by atoms with E-state index in [-0.39, 0.29) is 0 Å². The van der Waals surface area contributed by atoms with Gasteiger partial charge in [0.15, 0.2) is 0 Å². The molecule has 0 N–H and O–H groups in total. The highest BCUT2D eigenvalue weighted by atomic mass is 32.2. The van der Waals surface area contributed by atoms with E-state index in [9.17, 15) is 17.6 Å². The van der Waals surface area contributed by atoms with Crippen molar-refractivity contribution in [3.63, 3.8) is 0 Å². The second-order valence-corrected chi connectivity index (χ2v) is 2.51. The fraction of sp³-hybridized carbons (Fsp3) is 0.750. The normalized spacial score (nSPS) is 33.2. The van der Waals surface area contributed by atoms with Gasteiger partial charge in [-0.3, -0.25) is 0 Å². The van der Waals surface area contributed by atoms with Crippen LogP contribution in [0.15, 0.2) is 4.99 Å². The Morgan fingerprint density at radius 2 is 2.10 bits per heavy atom. The highest BCUT2D eigenvalue weighted by Gasteiger charge is 2.57. The van der Waals surface area contributed by atoms with Crippen LogP contribution in [0.1, 0.15) is 0 Å². The van der Waals surface area contributed by atoms with Crippen molar-refractivity contribution >= 4 is 17.3 Å². The molecule has 0 aromatic carbocycles. The summed E-state index contributed by atoms with van der Waals surface area (Å²) >= 11 is 0.596. The Morgan fingerprint density at radius 1 is 1.50 bits per heavy atom. The summed E-state index contributed by atoms with van der Waals surface area (Å²) in [7, 11) is 0. The predicted molar refractivity (Wildman–Crippen MR) is 29.8 cm³/mol. The summed E-state index contributed by atoms with van der Waals surface area (Å²) in [5.41, 5.74) is 1.87. The van der Waals surface area contributed by atoms with E-state index in [0.29, 0.717) is 11.8 Å². The minimum atomic E-state index is -4.90. The van der Waals surface area contributed by atoms with Crippen molar-refractivity contribution in [1.82, 2.24) is 0 Å². The molecule has 0 fully saturated rings. The standard InChI is InChI=1S/C4H2F4NS/c5-3(4(6,7)8)1-10-2-9-3/h1H2. The third-order valence-electron chi connectivity index (χ3n) is 0.985. The Morgan fingerprint density at radius 3 is 2.30 bits per heavy atom. The van der Waals surface area contributed by atoms with Crippen LogP contribution in [0.2, 0.25) is 0 Å². The summed E-state index contributed by atoms with van der Waals surface area (Å²) < 4.78 is 47.3. The number of hydrogen-bond acceptors (Lipinski definition) is 2. The lowest BCUT2D eigenvalue weighted by atomic mass is 10.3. The van der Waals surface area contributed by atoms with Gasteiger partial charge in [0, 0.05) is 0 Å². The number of nitrogens with zero attached hydrogens (tertiary/aromatic N) is 1. The van der Waals surface area contributed by atoms with Crippen molar-refractivity contribution in [1.29, 1.82) is 0 Å². The first kappa shape index (κ1) is 7.84. The van der Waals surface area contributed by atoms with Crippen molar-refractivity contribution < 1.29 is 17.6 Å². The Bertz CT molecular complexity index is 165. The number of thioether (sulfide) groups is 1. The first-order valence-electron chi connectivity index (χ1n) is 2.30. The van der Waals surface area contributed by atoms with E-state index in [1.165, 1.54) is 0 Å². The van der Waals surface area contributed by atoms with Crippen molar-refractivity contribution in [3.05, 3.63) is 0 Å². The zero-order chi connectivity index (χ0) is 7.83. The van der Waals surface area contributed by atoms with Crippen LogP contribution >= 0.6 is 11.8 Å². The first-order chi connectivity index (χ1) is 4.46. The van der Waals surface area contributed by atoms with E-state index in [4.69, 9.17) is 0 Å². The van der Waals surface area contributed by atoms with Gasteiger partial charge in [-0.25, -0.2) is 9.38 Å². The molecule has 1 aliphatic rings. The van der Waals surface area contributed by atoms with Gasteiger partial charge in [0.2, 0.25) is 0 Å². The molecule has 6 heteroatoms. The van der Waals surface area contributed by atoms with Gasteiger partial charge in [-0.1, -0.05) is 11.8 Å². The number of halogens is 4. The lowest BCUT2D eigenvalue weighted by molar-refractivity contribution is -0.217. The van der Waals surface area contributed by atoms with Crippen LogP contribution in [0.3, 0.4) is 0 Å². The molecule has 0 aromatic heterocycles. The number of alkyl halides is 4. The van der Waals surface area contributed by atoms with Crippen LogP contribution in [0, 0.1) is 0 Å². The Labute approximate surface area is 58.5 Å². The van der Waals surface area contributed by atoms with Crippen LogP contribution in [-0.4, -0.2) is 23.3 Å². The molecule has 1 aliphatic heterocycles. The van der Waals surface area contributed by atoms with E-state index in [1.54, 1.807) is 0 Å². The van der Waals surface area contributed by atoms with E-state index in [2.05, 4.69) is 4.99 Å². The molecule has 0 saturated heterocycles. The Kier molecular flexibility index (Phi) is 1.66. The molecule has 0 bridgehead atoms. The maximum atomic E-state index is 12.4. The molecule has 1 radical (unpaired) electrons. The molecular formula is C4H2F4NS. The third kappa shape index (κ3) is 1.12. The molecule has 0 amide bonds. The van der Waals surface area contributed by atoms with Crippen molar-refractivity contribution in [2.75, 3.05) is 5.75 Å². The monoisotopic (exact) mass is 172 g/mol. The first-order valence-corrected chi connectivity index (χ1v) is 3.29. The van der Waals surface area contributed by atoms with E-state index >= 15 is 0 Å². The topological polar surface area (TPSA) is 12.4 Å². The smallest absolute Gasteiger partial charge is 0.227 e. The van der Waals surface area contributed by atoms with Gasteiger partial charge >= 0.3 is 12.0 Å². The van der Waals surface area contributed by atoms with Gasteiger partial charge in [0.05, 0.1) is 5.75 Å². The molecular weight excluding hydrogens is 170 g/mol. The Balaban J connectivity index is 2.78. The van der Waals surface area contributed by atoms with Gasteiger partial charge in [0.1, 0.15) is 5.55 Å². The largest absolute Gasteiger partial charge is 0.444 e. The average molecular weight is 172 g/mol. The van der Waals surface area contributed by atoms with E-state index in [0.717, 1.165) is 0 Å². The number of aliphatic imine (C=N–C) groups is 1. The highest BCUT2D eigenvalue weighted by molar-refractivity contribution is 8.12. The van der Waals surface area contributed by atoms with Crippen molar-refractivity contribution in [3.8, 4) is 0 Å². The lowest BCUT2D eigenvalue weighted by Gasteiger charge is -2.17. The molecule has 0 saturated carbocycles. The molecule has 0 aromatic rings. The SMILES string of the molecule is FC(F)(F)C1(F)CS[C]=N1. The zero-order valence-corrected chi connectivity index (χ0v) is 5.39. The van der Waals surface area contributed by atoms with Gasteiger partial charge < -0.3 is 0 Å². The number of hydrogen-bond donors (Lipinski definition) is 0. The minimum Gasteiger partial charge on any atom is -0.227 e. The molecule has 57 valence electrons. The summed E-state index contributed by atoms with van der Waals surface area (Å²) in [6.07, 6.45) is -4.90. The van der Waals surface area contributed by atoms with Crippen LogP contribution < -0.4 is 0 Å². The van der Waals surface area contributed by atoms with E-state index in [1.807, 2.05) is 5.55 Å². The molecule has 10 heavy (non-hydrogen) atoms. The fourth-order valence-electron chi connectivity index (χ4n) is 0.410. The summed E-state index contributed by atoms with van der Waals surface area (Å²) in [5.74, 6) is -4.10. The zero-order valence-electron chi connectivity index (χ0n) is 4.57. The fourth-order valence-corrected chi connectivity index (χ4v) is 1.10. The maximum absolute atomic E-state index is 12.4. The summed E-state index contributed by atoms with van der Waals surface area (Å²) in [5, 5.41) is 0. The van der Waals surface area contributed by atoms with Crippen LogP contribution in [0.4, 0.5) is 17.6 Å². The molecule has 1 unspecified atom stereocenters. The minimum absolute atomic E-state index is 0.596. The summed E-state index contributed by atoms with van der Waals surface area (Å²) in [6, 6.07) is 0. The van der Waals surface area contributed by atoms with Gasteiger partial charge in [-0.15, -0.1) is 0 Å². The molecule has 0 spiro atoms.